The molecule has 1 amide bonds. The summed E-state index contributed by atoms with van der Waals surface area (Å²) in [6.45, 7) is 1.83. The Morgan fingerprint density at radius 2 is 2.09 bits per heavy atom. The van der Waals surface area contributed by atoms with Gasteiger partial charge in [0.15, 0.2) is 0 Å². The number of aromatic nitrogens is 3. The van der Waals surface area contributed by atoms with Crippen LogP contribution in [0.25, 0.3) is 16.9 Å². The average molecular weight is 296 g/mol. The molecular weight excluding hydrogens is 280 g/mol. The van der Waals surface area contributed by atoms with Gasteiger partial charge in [-0.15, -0.1) is 0 Å². The maximum absolute atomic E-state index is 11.9. The Hall–Kier alpha value is -2.73. The molecule has 22 heavy (non-hydrogen) atoms. The van der Waals surface area contributed by atoms with Gasteiger partial charge in [0.2, 0.25) is 0 Å². The van der Waals surface area contributed by atoms with Crippen molar-refractivity contribution in [3.63, 3.8) is 0 Å². The van der Waals surface area contributed by atoms with E-state index in [0.717, 1.165) is 11.0 Å². The van der Waals surface area contributed by atoms with E-state index in [4.69, 9.17) is 0 Å². The summed E-state index contributed by atoms with van der Waals surface area (Å²) in [6, 6.07) is 11.2. The number of hydrogen-bond acceptors (Lipinski definition) is 4. The summed E-state index contributed by atoms with van der Waals surface area (Å²) >= 11 is 0. The largest absolute Gasteiger partial charge is 0.392 e. The molecule has 1 atom stereocenters. The van der Waals surface area contributed by atoms with Crippen LogP contribution >= 0.6 is 0 Å². The number of aliphatic hydroxyl groups excluding tert-OH is 1. The number of rotatable bonds is 4. The predicted octanol–water partition coefficient (Wildman–Crippen LogP) is 1.53. The van der Waals surface area contributed by atoms with E-state index in [2.05, 4.69) is 15.3 Å². The lowest BCUT2D eigenvalue weighted by Gasteiger charge is -2.08. The topological polar surface area (TPSA) is 80.0 Å². The fourth-order valence-corrected chi connectivity index (χ4v) is 2.15. The molecule has 0 saturated carbocycles. The van der Waals surface area contributed by atoms with Crippen LogP contribution in [0.5, 0.6) is 0 Å². The van der Waals surface area contributed by atoms with E-state index < -0.39 is 6.10 Å². The SMILES string of the molecule is CC(O)CNC(=O)c1ccc(-n2cnc3ccccc32)nc1. The Morgan fingerprint density at radius 3 is 2.82 bits per heavy atom. The molecule has 6 nitrogen and oxygen atoms in total. The molecule has 0 aliphatic carbocycles. The van der Waals surface area contributed by atoms with Crippen molar-refractivity contribution in [1.29, 1.82) is 0 Å². The summed E-state index contributed by atoms with van der Waals surface area (Å²) in [7, 11) is 0. The van der Waals surface area contributed by atoms with Gasteiger partial charge in [-0.25, -0.2) is 9.97 Å². The summed E-state index contributed by atoms with van der Waals surface area (Å²) in [5.41, 5.74) is 2.30. The average Bonchev–Trinajstić information content (AvgIpc) is 2.97. The monoisotopic (exact) mass is 296 g/mol. The predicted molar refractivity (Wildman–Crippen MR) is 82.9 cm³/mol. The van der Waals surface area contributed by atoms with Crippen molar-refractivity contribution in [1.82, 2.24) is 19.9 Å². The number of para-hydroxylation sites is 2. The second-order valence-electron chi connectivity index (χ2n) is 5.07. The first-order valence-corrected chi connectivity index (χ1v) is 7.00. The highest BCUT2D eigenvalue weighted by Gasteiger charge is 2.09. The molecule has 2 aromatic heterocycles. The fraction of sp³-hybridized carbons (Fsp3) is 0.188. The van der Waals surface area contributed by atoms with Crippen molar-refractivity contribution in [2.75, 3.05) is 6.54 Å². The van der Waals surface area contributed by atoms with Crippen LogP contribution in [0.1, 0.15) is 17.3 Å². The highest BCUT2D eigenvalue weighted by molar-refractivity contribution is 5.94. The third kappa shape index (κ3) is 2.82. The number of imidazole rings is 1. The first-order chi connectivity index (χ1) is 10.6. The molecule has 0 saturated heterocycles. The molecule has 6 heteroatoms. The zero-order valence-electron chi connectivity index (χ0n) is 12.1. The summed E-state index contributed by atoms with van der Waals surface area (Å²) in [4.78, 5) is 20.5. The van der Waals surface area contributed by atoms with E-state index in [1.807, 2.05) is 28.8 Å². The van der Waals surface area contributed by atoms with Gasteiger partial charge in [-0.3, -0.25) is 9.36 Å². The first-order valence-electron chi connectivity index (χ1n) is 7.00. The molecule has 1 unspecified atom stereocenters. The van der Waals surface area contributed by atoms with E-state index in [-0.39, 0.29) is 12.5 Å². The van der Waals surface area contributed by atoms with E-state index in [9.17, 15) is 9.90 Å². The number of carbonyl (C=O) groups excluding carboxylic acids is 1. The number of nitrogens with zero attached hydrogens (tertiary/aromatic N) is 3. The lowest BCUT2D eigenvalue weighted by atomic mass is 10.2. The van der Waals surface area contributed by atoms with Crippen molar-refractivity contribution in [2.24, 2.45) is 0 Å². The van der Waals surface area contributed by atoms with Gasteiger partial charge in [-0.1, -0.05) is 12.1 Å². The van der Waals surface area contributed by atoms with E-state index in [0.29, 0.717) is 11.4 Å². The number of nitrogens with one attached hydrogen (secondary N) is 1. The van der Waals surface area contributed by atoms with Crippen LogP contribution in [0.4, 0.5) is 0 Å². The van der Waals surface area contributed by atoms with Crippen molar-refractivity contribution in [3.05, 3.63) is 54.5 Å². The Labute approximate surface area is 127 Å². The minimum Gasteiger partial charge on any atom is -0.392 e. The molecule has 3 rings (SSSR count). The molecule has 0 fully saturated rings. The van der Waals surface area contributed by atoms with Crippen LogP contribution in [0.2, 0.25) is 0 Å². The quantitative estimate of drug-likeness (QED) is 0.765. The third-order valence-electron chi connectivity index (χ3n) is 3.27. The number of pyridine rings is 1. The highest BCUT2D eigenvalue weighted by Crippen LogP contribution is 2.16. The maximum Gasteiger partial charge on any atom is 0.252 e. The number of carbonyl (C=O) groups is 1. The van der Waals surface area contributed by atoms with Crippen molar-refractivity contribution in [3.8, 4) is 5.82 Å². The summed E-state index contributed by atoms with van der Waals surface area (Å²) < 4.78 is 1.87. The molecule has 0 bridgehead atoms. The third-order valence-corrected chi connectivity index (χ3v) is 3.27. The van der Waals surface area contributed by atoms with Gasteiger partial charge in [0.25, 0.3) is 5.91 Å². The minimum absolute atomic E-state index is 0.215. The van der Waals surface area contributed by atoms with Gasteiger partial charge in [-0.05, 0) is 31.2 Å². The summed E-state index contributed by atoms with van der Waals surface area (Å²) in [5.74, 6) is 0.441. The van der Waals surface area contributed by atoms with Crippen LogP contribution in [0.3, 0.4) is 0 Å². The Balaban J connectivity index is 1.84. The zero-order chi connectivity index (χ0) is 15.5. The van der Waals surface area contributed by atoms with Crippen molar-refractivity contribution in [2.45, 2.75) is 13.0 Å². The molecule has 0 spiro atoms. The number of amides is 1. The number of fused-ring (bicyclic) bond motifs is 1. The van der Waals surface area contributed by atoms with Gasteiger partial charge in [0.1, 0.15) is 12.1 Å². The van der Waals surface area contributed by atoms with E-state index in [1.165, 1.54) is 6.20 Å². The summed E-state index contributed by atoms with van der Waals surface area (Å²) in [5, 5.41) is 11.8. The van der Waals surface area contributed by atoms with Gasteiger partial charge >= 0.3 is 0 Å². The van der Waals surface area contributed by atoms with Gasteiger partial charge in [-0.2, -0.15) is 0 Å². The molecule has 0 aliphatic rings. The van der Waals surface area contributed by atoms with Crippen molar-refractivity contribution >= 4 is 16.9 Å². The lowest BCUT2D eigenvalue weighted by Crippen LogP contribution is -2.30. The standard InChI is InChI=1S/C16H16N4O2/c1-11(21)8-18-16(22)12-6-7-15(17-9-12)20-10-19-13-4-2-3-5-14(13)20/h2-7,9-11,21H,8H2,1H3,(H,18,22). The summed E-state index contributed by atoms with van der Waals surface area (Å²) in [6.07, 6.45) is 2.65. The van der Waals surface area contributed by atoms with Crippen LogP contribution in [0.15, 0.2) is 48.9 Å². The molecule has 3 aromatic rings. The van der Waals surface area contributed by atoms with Gasteiger partial charge in [0, 0.05) is 12.7 Å². The smallest absolute Gasteiger partial charge is 0.252 e. The van der Waals surface area contributed by atoms with Crippen molar-refractivity contribution < 1.29 is 9.90 Å². The van der Waals surface area contributed by atoms with Crippen LogP contribution in [-0.2, 0) is 0 Å². The molecule has 2 N–H and O–H groups in total. The molecule has 0 aliphatic heterocycles. The normalized spacial score (nSPS) is 12.3. The lowest BCUT2D eigenvalue weighted by molar-refractivity contribution is 0.0923. The number of aliphatic hydroxyl groups is 1. The van der Waals surface area contributed by atoms with Crippen LogP contribution in [0, 0.1) is 0 Å². The minimum atomic E-state index is -0.575. The van der Waals surface area contributed by atoms with E-state index in [1.54, 1.807) is 25.4 Å². The zero-order valence-corrected chi connectivity index (χ0v) is 12.1. The highest BCUT2D eigenvalue weighted by atomic mass is 16.3. The second-order valence-corrected chi connectivity index (χ2v) is 5.07. The van der Waals surface area contributed by atoms with E-state index >= 15 is 0 Å². The Bertz CT molecular complexity index is 793. The Morgan fingerprint density at radius 1 is 1.27 bits per heavy atom. The van der Waals surface area contributed by atoms with Gasteiger partial charge in [0.05, 0.1) is 22.7 Å². The maximum atomic E-state index is 11.9. The molecular formula is C16H16N4O2. The molecule has 2 heterocycles. The second kappa shape index (κ2) is 5.95. The Kier molecular flexibility index (Phi) is 3.84. The fourth-order valence-electron chi connectivity index (χ4n) is 2.15. The number of benzene rings is 1. The van der Waals surface area contributed by atoms with Crippen LogP contribution < -0.4 is 5.32 Å². The van der Waals surface area contributed by atoms with Crippen LogP contribution in [-0.4, -0.2) is 38.2 Å². The number of hydrogen-bond donors (Lipinski definition) is 2. The first kappa shape index (κ1) is 14.2. The molecule has 1 aromatic carbocycles. The molecule has 0 radical (unpaired) electrons. The van der Waals surface area contributed by atoms with Gasteiger partial charge < -0.3 is 10.4 Å². The molecule has 112 valence electrons.